The van der Waals surface area contributed by atoms with Crippen molar-refractivity contribution in [2.75, 3.05) is 0 Å². The Morgan fingerprint density at radius 3 is 1.40 bits per heavy atom. The van der Waals surface area contributed by atoms with E-state index in [9.17, 15) is 4.80 Å². The van der Waals surface area contributed by atoms with E-state index < -0.39 is 8.32 Å². The van der Waals surface area contributed by atoms with Crippen molar-refractivity contribution in [2.24, 2.45) is 0 Å². The third-order valence-corrected chi connectivity index (χ3v) is 7.70. The van der Waals surface area contributed by atoms with Gasteiger partial charge in [-0.05, 0) is 17.1 Å². The molecule has 0 amide bonds. The second kappa shape index (κ2) is 3.53. The molecule has 0 aliphatic heterocycles. The molecule has 0 heterocycles. The molecule has 0 saturated carbocycles. The van der Waals surface area contributed by atoms with E-state index in [1.807, 2.05) is 0 Å². The van der Waals surface area contributed by atoms with Crippen LogP contribution in [-0.2, 0) is 0 Å². The van der Waals surface area contributed by atoms with Gasteiger partial charge in [-0.25, -0.2) is 0 Å². The first-order valence-electron chi connectivity index (χ1n) is 4.17. The summed E-state index contributed by atoms with van der Waals surface area (Å²) in [5.41, 5.74) is 0.995. The quantitative estimate of drug-likeness (QED) is 0.629. The molecule has 0 aromatic heterocycles. The summed E-state index contributed by atoms with van der Waals surface area (Å²) in [4.78, 5) is 10.1. The Hall–Kier alpha value is 0.177. The Bertz CT molecular complexity index is 91.4. The number of hydrogen-bond acceptors (Lipinski definition) is 1. The molecule has 0 saturated heterocycles. The fourth-order valence-electron chi connectivity index (χ4n) is 1.48. The monoisotopic (exact) mass is 160 g/mol. The molecule has 0 bridgehead atoms. The summed E-state index contributed by atoms with van der Waals surface area (Å²) in [7, 11) is -1.88. The molecule has 10 heavy (non-hydrogen) atoms. The fraction of sp³-hybridized carbons (Fsp3) is 1.00. The van der Waals surface area contributed by atoms with Crippen molar-refractivity contribution in [2.45, 2.75) is 51.7 Å². The van der Waals surface area contributed by atoms with Crippen LogP contribution in [0, 0.1) is 0 Å². The van der Waals surface area contributed by atoms with Crippen LogP contribution in [0.15, 0.2) is 0 Å². The number of hydrogen-bond donors (Lipinski definition) is 1. The largest absolute Gasteiger partial charge is 0.431 e. The topological polar surface area (TPSA) is 20.2 Å². The van der Waals surface area contributed by atoms with E-state index in [2.05, 4.69) is 34.6 Å². The van der Waals surface area contributed by atoms with Crippen LogP contribution in [0.2, 0.25) is 17.1 Å². The molecule has 0 rings (SSSR count). The highest BCUT2D eigenvalue weighted by molar-refractivity contribution is 6.75. The Balaban J connectivity index is 4.23. The van der Waals surface area contributed by atoms with Crippen molar-refractivity contribution in [3.63, 3.8) is 0 Å². The minimum absolute atomic E-state index is 0.498. The van der Waals surface area contributed by atoms with E-state index in [-0.39, 0.29) is 0 Å². The van der Waals surface area contributed by atoms with E-state index in [0.29, 0.717) is 11.1 Å². The minimum atomic E-state index is -1.88. The molecule has 0 aliphatic carbocycles. The highest BCUT2D eigenvalue weighted by Crippen LogP contribution is 2.32. The van der Waals surface area contributed by atoms with Crippen LogP contribution in [0.25, 0.3) is 0 Å². The first kappa shape index (κ1) is 10.2. The Morgan fingerprint density at radius 2 is 1.40 bits per heavy atom. The predicted octanol–water partition coefficient (Wildman–Crippen LogP) is 2.76. The van der Waals surface area contributed by atoms with Gasteiger partial charge < -0.3 is 4.80 Å². The van der Waals surface area contributed by atoms with Gasteiger partial charge in [0.1, 0.15) is 0 Å². The summed E-state index contributed by atoms with van der Waals surface area (Å²) in [5, 5.41) is 0. The van der Waals surface area contributed by atoms with E-state index in [4.69, 9.17) is 0 Å². The van der Waals surface area contributed by atoms with Gasteiger partial charge in [0.15, 0.2) is 8.32 Å². The van der Waals surface area contributed by atoms with Crippen molar-refractivity contribution in [3.05, 3.63) is 0 Å². The lowest BCUT2D eigenvalue weighted by Crippen LogP contribution is -2.40. The van der Waals surface area contributed by atoms with Crippen LogP contribution >= 0.6 is 0 Å². The van der Waals surface area contributed by atoms with Crippen LogP contribution in [0.1, 0.15) is 34.6 Å². The Labute approximate surface area is 65.6 Å². The summed E-state index contributed by atoms with van der Waals surface area (Å²) in [6.07, 6.45) is 0. The van der Waals surface area contributed by atoms with E-state index in [0.717, 1.165) is 6.04 Å². The molecule has 1 nitrogen and oxygen atoms in total. The van der Waals surface area contributed by atoms with Gasteiger partial charge in [-0.15, -0.1) is 0 Å². The van der Waals surface area contributed by atoms with Crippen LogP contribution in [0.4, 0.5) is 0 Å². The molecule has 0 aromatic carbocycles. The zero-order valence-corrected chi connectivity index (χ0v) is 8.81. The first-order valence-corrected chi connectivity index (χ1v) is 6.48. The molecular weight excluding hydrogens is 140 g/mol. The van der Waals surface area contributed by atoms with Gasteiger partial charge in [0.05, 0.1) is 0 Å². The van der Waals surface area contributed by atoms with Crippen molar-refractivity contribution in [3.8, 4) is 0 Å². The minimum Gasteiger partial charge on any atom is -0.431 e. The van der Waals surface area contributed by atoms with Gasteiger partial charge in [-0.2, -0.15) is 0 Å². The molecule has 0 atom stereocenters. The number of rotatable bonds is 3. The van der Waals surface area contributed by atoms with Crippen molar-refractivity contribution in [1.82, 2.24) is 0 Å². The Morgan fingerprint density at radius 1 is 1.10 bits per heavy atom. The van der Waals surface area contributed by atoms with E-state index in [1.54, 1.807) is 0 Å². The predicted molar refractivity (Wildman–Crippen MR) is 48.6 cm³/mol. The second-order valence-electron chi connectivity index (χ2n) is 3.65. The zero-order chi connectivity index (χ0) is 8.36. The second-order valence-corrected chi connectivity index (χ2v) is 8.65. The Kier molecular flexibility index (Phi) is 3.60. The maximum atomic E-state index is 10.1. The average molecular weight is 160 g/mol. The van der Waals surface area contributed by atoms with Gasteiger partial charge in [0.2, 0.25) is 0 Å². The lowest BCUT2D eigenvalue weighted by molar-refractivity contribution is 0.493. The normalized spacial score (nSPS) is 13.2. The molecule has 0 aromatic rings. The molecule has 0 fully saturated rings. The summed E-state index contributed by atoms with van der Waals surface area (Å²) < 4.78 is 0. The standard InChI is InChI=1S/C8H20OSi/c1-6-10(9,7(2)3)8(4)5/h7-9H,6H2,1-5H3. The molecular formula is C8H20OSi. The van der Waals surface area contributed by atoms with Gasteiger partial charge in [-0.3, -0.25) is 0 Å². The maximum absolute atomic E-state index is 10.1. The van der Waals surface area contributed by atoms with Crippen LogP contribution in [-0.4, -0.2) is 13.1 Å². The summed E-state index contributed by atoms with van der Waals surface area (Å²) in [6.45, 7) is 10.6. The van der Waals surface area contributed by atoms with E-state index >= 15 is 0 Å². The molecule has 0 unspecified atom stereocenters. The summed E-state index contributed by atoms with van der Waals surface area (Å²) >= 11 is 0. The third kappa shape index (κ3) is 1.83. The molecule has 2 heteroatoms. The van der Waals surface area contributed by atoms with Crippen LogP contribution in [0.3, 0.4) is 0 Å². The first-order chi connectivity index (χ1) is 4.45. The van der Waals surface area contributed by atoms with E-state index in [1.165, 1.54) is 0 Å². The fourth-order valence-corrected chi connectivity index (χ4v) is 4.45. The summed E-state index contributed by atoms with van der Waals surface area (Å²) in [6, 6.07) is 0.988. The smallest absolute Gasteiger partial charge is 0.193 e. The summed E-state index contributed by atoms with van der Waals surface area (Å²) in [5.74, 6) is 0. The zero-order valence-electron chi connectivity index (χ0n) is 7.81. The van der Waals surface area contributed by atoms with Crippen LogP contribution in [0.5, 0.6) is 0 Å². The van der Waals surface area contributed by atoms with Gasteiger partial charge in [0.25, 0.3) is 0 Å². The third-order valence-electron chi connectivity index (χ3n) is 2.57. The molecule has 0 spiro atoms. The average Bonchev–Trinajstić information content (AvgIpc) is 1.85. The molecule has 0 radical (unpaired) electrons. The lowest BCUT2D eigenvalue weighted by Gasteiger charge is -2.31. The van der Waals surface area contributed by atoms with Gasteiger partial charge in [0, 0.05) is 0 Å². The van der Waals surface area contributed by atoms with Crippen molar-refractivity contribution >= 4 is 8.32 Å². The van der Waals surface area contributed by atoms with Gasteiger partial charge >= 0.3 is 0 Å². The van der Waals surface area contributed by atoms with Gasteiger partial charge in [-0.1, -0.05) is 34.6 Å². The molecule has 0 aliphatic rings. The van der Waals surface area contributed by atoms with Crippen molar-refractivity contribution in [1.29, 1.82) is 0 Å². The van der Waals surface area contributed by atoms with Crippen LogP contribution < -0.4 is 0 Å². The molecule has 62 valence electrons. The highest BCUT2D eigenvalue weighted by atomic mass is 28.4. The maximum Gasteiger partial charge on any atom is 0.193 e. The van der Waals surface area contributed by atoms with Crippen molar-refractivity contribution < 1.29 is 4.80 Å². The SMILES string of the molecule is CC[Si](O)(C(C)C)C(C)C. The molecule has 1 N–H and O–H groups in total. The highest BCUT2D eigenvalue weighted by Gasteiger charge is 2.35. The lowest BCUT2D eigenvalue weighted by atomic mass is 10.5.